The lowest BCUT2D eigenvalue weighted by atomic mass is 10.2. The highest BCUT2D eigenvalue weighted by molar-refractivity contribution is 7.89. The van der Waals surface area contributed by atoms with Crippen LogP contribution in [0.25, 0.3) is 27.6 Å². The summed E-state index contributed by atoms with van der Waals surface area (Å²) in [7, 11) is -4.31. The maximum atomic E-state index is 13.2. The van der Waals surface area contributed by atoms with E-state index in [1.54, 1.807) is 6.07 Å². The molecule has 34 heavy (non-hydrogen) atoms. The molecule has 0 aliphatic rings. The van der Waals surface area contributed by atoms with Gasteiger partial charge in [0.05, 0.1) is 21.5 Å². The molecule has 0 aliphatic heterocycles. The van der Waals surface area contributed by atoms with Crippen LogP contribution in [0, 0.1) is 0 Å². The second-order valence-electron chi connectivity index (χ2n) is 10.1. The van der Waals surface area contributed by atoms with Crippen LogP contribution >= 0.6 is 0 Å². The molecule has 0 saturated heterocycles. The second kappa shape index (κ2) is 7.43. The highest BCUT2D eigenvalue weighted by atomic mass is 32.2. The van der Waals surface area contributed by atoms with Gasteiger partial charge in [0.15, 0.2) is 0 Å². The maximum absolute atomic E-state index is 13.2. The lowest BCUT2D eigenvalue weighted by molar-refractivity contribution is -0.137. The van der Waals surface area contributed by atoms with Crippen LogP contribution in [-0.2, 0) is 23.2 Å². The number of hydrogen-bond donors (Lipinski definition) is 1. The maximum Gasteiger partial charge on any atom is 0.416 e. The van der Waals surface area contributed by atoms with Crippen molar-refractivity contribution in [2.75, 3.05) is 0 Å². The number of hydrogen-bond acceptors (Lipinski definition) is 3. The van der Waals surface area contributed by atoms with Gasteiger partial charge in [-0.05, 0) is 47.5 Å². The molecular formula is C23H27F3N4O2SSi. The molecule has 0 radical (unpaired) electrons. The van der Waals surface area contributed by atoms with Crippen LogP contribution in [0.2, 0.25) is 18.1 Å². The Morgan fingerprint density at radius 1 is 1.00 bits per heavy atom. The molecule has 2 N–H and O–H groups in total. The fourth-order valence-electron chi connectivity index (χ4n) is 4.23. The van der Waals surface area contributed by atoms with Gasteiger partial charge in [0.2, 0.25) is 10.0 Å². The Kier molecular flexibility index (Phi) is 5.35. The Balaban J connectivity index is 2.16. The van der Waals surface area contributed by atoms with Gasteiger partial charge >= 0.3 is 6.18 Å². The number of aryl methyl sites for hydroxylation is 1. The minimum absolute atomic E-state index is 0.0500. The summed E-state index contributed by atoms with van der Waals surface area (Å²) in [5, 5.41) is 11.7. The van der Waals surface area contributed by atoms with E-state index in [1.807, 2.05) is 16.3 Å². The first-order valence-electron chi connectivity index (χ1n) is 10.7. The van der Waals surface area contributed by atoms with E-state index in [9.17, 15) is 21.6 Å². The third-order valence-corrected chi connectivity index (χ3v) is 13.4. The van der Waals surface area contributed by atoms with Crippen LogP contribution in [0.5, 0.6) is 0 Å². The number of benzene rings is 2. The van der Waals surface area contributed by atoms with Crippen molar-refractivity contribution in [2.24, 2.45) is 12.2 Å². The molecule has 0 fully saturated rings. The van der Waals surface area contributed by atoms with E-state index in [0.29, 0.717) is 22.1 Å². The molecular weight excluding hydrogens is 481 g/mol. The van der Waals surface area contributed by atoms with E-state index in [-0.39, 0.29) is 9.93 Å². The summed E-state index contributed by atoms with van der Waals surface area (Å²) >= 11 is 0. The molecule has 2 heterocycles. The fourth-order valence-corrected chi connectivity index (χ4v) is 7.16. The molecule has 0 aliphatic carbocycles. The number of fused-ring (bicyclic) bond motifs is 3. The number of nitrogens with two attached hydrogens (primary N) is 1. The zero-order valence-corrected chi connectivity index (χ0v) is 21.6. The Labute approximate surface area is 197 Å². The summed E-state index contributed by atoms with van der Waals surface area (Å²) in [6.45, 7) is 11.0. The Hall–Kier alpha value is -2.63. The molecule has 11 heteroatoms. The van der Waals surface area contributed by atoms with Crippen LogP contribution < -0.4 is 10.5 Å². The Morgan fingerprint density at radius 2 is 1.59 bits per heavy atom. The molecule has 4 aromatic rings. The van der Waals surface area contributed by atoms with Crippen molar-refractivity contribution in [3.05, 3.63) is 48.0 Å². The van der Waals surface area contributed by atoms with Gasteiger partial charge in [0, 0.05) is 23.4 Å². The molecule has 2 aromatic carbocycles. The zero-order chi connectivity index (χ0) is 25.4. The molecule has 4 rings (SSSR count). The normalized spacial score (nSPS) is 13.8. The van der Waals surface area contributed by atoms with Crippen molar-refractivity contribution in [1.82, 2.24) is 14.3 Å². The highest BCUT2D eigenvalue weighted by Gasteiger charge is 2.42. The third-order valence-electron chi connectivity index (χ3n) is 6.96. The van der Waals surface area contributed by atoms with Gasteiger partial charge in [0.1, 0.15) is 13.6 Å². The quantitative estimate of drug-likeness (QED) is 0.400. The first-order valence-corrected chi connectivity index (χ1v) is 15.2. The topological polar surface area (TPSA) is 82.9 Å². The van der Waals surface area contributed by atoms with Crippen molar-refractivity contribution in [2.45, 2.75) is 50.0 Å². The molecule has 0 spiro atoms. The number of rotatable bonds is 3. The molecule has 0 saturated carbocycles. The van der Waals surface area contributed by atoms with Gasteiger partial charge in [-0.25, -0.2) is 13.6 Å². The van der Waals surface area contributed by atoms with Crippen molar-refractivity contribution in [3.8, 4) is 5.69 Å². The predicted octanol–water partition coefficient (Wildman–Crippen LogP) is 4.90. The number of aromatic nitrogens is 3. The van der Waals surface area contributed by atoms with Crippen LogP contribution in [-0.4, -0.2) is 30.8 Å². The van der Waals surface area contributed by atoms with Crippen LogP contribution in [0.3, 0.4) is 0 Å². The summed E-state index contributed by atoms with van der Waals surface area (Å²) in [4.78, 5) is -0.0500. The molecule has 6 nitrogen and oxygen atoms in total. The van der Waals surface area contributed by atoms with Crippen LogP contribution in [0.15, 0.2) is 47.4 Å². The first-order chi connectivity index (χ1) is 15.4. The summed E-state index contributed by atoms with van der Waals surface area (Å²) in [6, 6.07) is 9.47. The molecule has 0 unspecified atom stereocenters. The van der Waals surface area contributed by atoms with Crippen LogP contribution in [0.4, 0.5) is 13.2 Å². The fraction of sp³-hybridized carbons (Fsp3) is 0.348. The van der Waals surface area contributed by atoms with E-state index in [4.69, 9.17) is 10.2 Å². The minimum Gasteiger partial charge on any atom is -0.306 e. The van der Waals surface area contributed by atoms with E-state index >= 15 is 0 Å². The van der Waals surface area contributed by atoms with Gasteiger partial charge in [-0.15, -0.1) is 0 Å². The Morgan fingerprint density at radius 3 is 2.09 bits per heavy atom. The molecule has 0 atom stereocenters. The summed E-state index contributed by atoms with van der Waals surface area (Å²) in [5.41, 5.74) is 1.80. The van der Waals surface area contributed by atoms with Crippen molar-refractivity contribution in [3.63, 3.8) is 0 Å². The van der Waals surface area contributed by atoms with E-state index < -0.39 is 29.8 Å². The number of sulfonamides is 1. The van der Waals surface area contributed by atoms with Gasteiger partial charge in [-0.2, -0.15) is 18.3 Å². The lowest BCUT2D eigenvalue weighted by Crippen LogP contribution is -2.53. The molecule has 182 valence electrons. The largest absolute Gasteiger partial charge is 0.416 e. The average molecular weight is 509 g/mol. The predicted molar refractivity (Wildman–Crippen MR) is 131 cm³/mol. The van der Waals surface area contributed by atoms with Gasteiger partial charge in [-0.3, -0.25) is 4.68 Å². The average Bonchev–Trinajstić information content (AvgIpc) is 3.18. The monoisotopic (exact) mass is 508 g/mol. The van der Waals surface area contributed by atoms with Crippen LogP contribution in [0.1, 0.15) is 26.3 Å². The molecule has 2 aromatic heterocycles. The highest BCUT2D eigenvalue weighted by Crippen LogP contribution is 2.40. The standard InChI is InChI=1S/C23H27F3N4O2SSi/c1-22(2,3)34(5,6)21-20-19(28-29(21)4)17-13-16(33(27,31)32)11-12-18(17)30(20)15-9-7-14(8-10-15)23(24,25)26/h7-13H,1-6H3,(H2,27,31,32). The molecule has 0 amide bonds. The van der Waals surface area contributed by atoms with Gasteiger partial charge < -0.3 is 4.57 Å². The van der Waals surface area contributed by atoms with Crippen molar-refractivity contribution in [1.29, 1.82) is 0 Å². The Bertz CT molecular complexity index is 1530. The first kappa shape index (κ1) is 24.5. The smallest absolute Gasteiger partial charge is 0.306 e. The minimum atomic E-state index is -4.45. The van der Waals surface area contributed by atoms with Crippen molar-refractivity contribution < 1.29 is 21.6 Å². The second-order valence-corrected chi connectivity index (χ2v) is 16.9. The summed E-state index contributed by atoms with van der Waals surface area (Å²) < 4.78 is 67.3. The number of primary sulfonamides is 1. The van der Waals surface area contributed by atoms with Gasteiger partial charge in [-0.1, -0.05) is 33.9 Å². The molecule has 0 bridgehead atoms. The number of alkyl halides is 3. The third kappa shape index (κ3) is 3.75. The lowest BCUT2D eigenvalue weighted by Gasteiger charge is -2.37. The van der Waals surface area contributed by atoms with E-state index in [1.165, 1.54) is 24.3 Å². The van der Waals surface area contributed by atoms with E-state index in [2.05, 4.69) is 33.9 Å². The summed E-state index contributed by atoms with van der Waals surface area (Å²) in [6.07, 6.45) is -4.45. The zero-order valence-electron chi connectivity index (χ0n) is 19.8. The number of halogens is 3. The van der Waals surface area contributed by atoms with E-state index in [0.717, 1.165) is 23.0 Å². The van der Waals surface area contributed by atoms with Gasteiger partial charge in [0.25, 0.3) is 0 Å². The summed E-state index contributed by atoms with van der Waals surface area (Å²) in [5.74, 6) is 0. The van der Waals surface area contributed by atoms with Crippen molar-refractivity contribution >= 4 is 45.4 Å². The number of nitrogens with zero attached hydrogens (tertiary/aromatic N) is 3. The SMILES string of the molecule is Cn1nc2c3cc(S(N)(=O)=O)ccc3n(-c3ccc(C(F)(F)F)cc3)c2c1[Si](C)(C)C(C)(C)C.